The standard InChI is InChI=1S/C23H22ClN5OS2/c1-16(22(30)26-20-10-9-18(24)15-25-20)32-23-28-27-21(14-19-8-5-13-31-19)29(23)12-11-17-6-3-2-4-7-17/h2-10,13,15-16H,11-12,14H2,1H3,(H,25,26,30). The van der Waals surface area contributed by atoms with Crippen molar-refractivity contribution >= 4 is 46.4 Å². The summed E-state index contributed by atoms with van der Waals surface area (Å²) in [7, 11) is 0. The van der Waals surface area contributed by atoms with Gasteiger partial charge in [0.15, 0.2) is 5.16 Å². The van der Waals surface area contributed by atoms with Crippen LogP contribution >= 0.6 is 34.7 Å². The number of thiophene rings is 1. The van der Waals surface area contributed by atoms with Gasteiger partial charge in [-0.15, -0.1) is 21.5 Å². The van der Waals surface area contributed by atoms with Gasteiger partial charge in [-0.2, -0.15) is 0 Å². The number of hydrogen-bond donors (Lipinski definition) is 1. The van der Waals surface area contributed by atoms with Crippen LogP contribution in [0.5, 0.6) is 0 Å². The summed E-state index contributed by atoms with van der Waals surface area (Å²) in [6.07, 6.45) is 3.08. The number of carbonyl (C=O) groups is 1. The van der Waals surface area contributed by atoms with Gasteiger partial charge in [0, 0.05) is 24.0 Å². The predicted molar refractivity (Wildman–Crippen MR) is 130 cm³/mol. The van der Waals surface area contributed by atoms with Gasteiger partial charge >= 0.3 is 0 Å². The molecule has 0 saturated carbocycles. The van der Waals surface area contributed by atoms with Crippen molar-refractivity contribution in [3.05, 3.63) is 87.5 Å². The number of pyridine rings is 1. The Morgan fingerprint density at radius 2 is 2.00 bits per heavy atom. The van der Waals surface area contributed by atoms with Crippen LogP contribution in [0, 0.1) is 0 Å². The van der Waals surface area contributed by atoms with E-state index in [0.717, 1.165) is 30.4 Å². The number of thioether (sulfide) groups is 1. The van der Waals surface area contributed by atoms with Gasteiger partial charge in [0.1, 0.15) is 11.6 Å². The van der Waals surface area contributed by atoms with Gasteiger partial charge in [-0.1, -0.05) is 59.8 Å². The summed E-state index contributed by atoms with van der Waals surface area (Å²) in [6.45, 7) is 2.60. The lowest BCUT2D eigenvalue weighted by molar-refractivity contribution is -0.115. The first-order chi connectivity index (χ1) is 15.6. The molecule has 0 bridgehead atoms. The van der Waals surface area contributed by atoms with Crippen LogP contribution in [-0.2, 0) is 24.2 Å². The van der Waals surface area contributed by atoms with Gasteiger partial charge in [-0.25, -0.2) is 4.98 Å². The second kappa shape index (κ2) is 10.8. The van der Waals surface area contributed by atoms with Gasteiger partial charge in [0.25, 0.3) is 0 Å². The van der Waals surface area contributed by atoms with Gasteiger partial charge in [-0.05, 0) is 42.5 Å². The van der Waals surface area contributed by atoms with Crippen molar-refractivity contribution in [2.24, 2.45) is 0 Å². The summed E-state index contributed by atoms with van der Waals surface area (Å²) in [4.78, 5) is 18.1. The lowest BCUT2D eigenvalue weighted by atomic mass is 10.1. The largest absolute Gasteiger partial charge is 0.310 e. The first-order valence-electron chi connectivity index (χ1n) is 10.2. The highest BCUT2D eigenvalue weighted by molar-refractivity contribution is 8.00. The normalized spacial score (nSPS) is 11.9. The average molecular weight is 484 g/mol. The molecule has 1 aromatic carbocycles. The Hall–Kier alpha value is -2.68. The lowest BCUT2D eigenvalue weighted by Gasteiger charge is -2.13. The van der Waals surface area contributed by atoms with Gasteiger partial charge in [0.05, 0.1) is 10.3 Å². The number of aryl methyl sites for hydroxylation is 1. The molecule has 3 aromatic heterocycles. The minimum atomic E-state index is -0.373. The molecule has 9 heteroatoms. The van der Waals surface area contributed by atoms with E-state index >= 15 is 0 Å². The van der Waals surface area contributed by atoms with Crippen LogP contribution in [0.25, 0.3) is 0 Å². The van der Waals surface area contributed by atoms with Gasteiger partial charge in [0.2, 0.25) is 5.91 Å². The first kappa shape index (κ1) is 22.5. The average Bonchev–Trinajstić information content (AvgIpc) is 3.45. The number of anilines is 1. The van der Waals surface area contributed by atoms with E-state index < -0.39 is 0 Å². The van der Waals surface area contributed by atoms with E-state index in [1.807, 2.05) is 31.2 Å². The molecule has 1 amide bonds. The van der Waals surface area contributed by atoms with Crippen molar-refractivity contribution in [1.29, 1.82) is 0 Å². The van der Waals surface area contributed by atoms with E-state index in [0.29, 0.717) is 10.8 Å². The number of amides is 1. The maximum Gasteiger partial charge on any atom is 0.238 e. The predicted octanol–water partition coefficient (Wildman–Crippen LogP) is 5.34. The van der Waals surface area contributed by atoms with Crippen molar-refractivity contribution in [1.82, 2.24) is 19.7 Å². The molecular formula is C23H22ClN5OS2. The minimum absolute atomic E-state index is 0.151. The molecule has 32 heavy (non-hydrogen) atoms. The minimum Gasteiger partial charge on any atom is -0.310 e. The molecule has 1 atom stereocenters. The van der Waals surface area contributed by atoms with Crippen LogP contribution in [0.1, 0.15) is 23.2 Å². The molecule has 0 aliphatic carbocycles. The maximum atomic E-state index is 12.7. The molecule has 164 valence electrons. The van der Waals surface area contributed by atoms with Crippen LogP contribution in [0.4, 0.5) is 5.82 Å². The van der Waals surface area contributed by atoms with Gasteiger partial charge in [-0.3, -0.25) is 4.79 Å². The molecule has 0 radical (unpaired) electrons. The lowest BCUT2D eigenvalue weighted by Crippen LogP contribution is -2.23. The summed E-state index contributed by atoms with van der Waals surface area (Å²) < 4.78 is 2.13. The third-order valence-electron chi connectivity index (χ3n) is 4.80. The third kappa shape index (κ3) is 5.97. The molecular weight excluding hydrogens is 462 g/mol. The molecule has 1 N–H and O–H groups in total. The van der Waals surface area contributed by atoms with E-state index in [9.17, 15) is 4.79 Å². The maximum absolute atomic E-state index is 12.7. The fourth-order valence-electron chi connectivity index (χ4n) is 3.11. The fourth-order valence-corrected chi connectivity index (χ4v) is 4.81. The topological polar surface area (TPSA) is 72.7 Å². The Balaban J connectivity index is 1.49. The number of nitrogens with one attached hydrogen (secondary N) is 1. The highest BCUT2D eigenvalue weighted by Crippen LogP contribution is 2.25. The van der Waals surface area contributed by atoms with Gasteiger partial charge < -0.3 is 9.88 Å². The second-order valence-electron chi connectivity index (χ2n) is 7.15. The van der Waals surface area contributed by atoms with Crippen LogP contribution < -0.4 is 5.32 Å². The highest BCUT2D eigenvalue weighted by Gasteiger charge is 2.21. The van der Waals surface area contributed by atoms with E-state index in [2.05, 4.69) is 48.6 Å². The summed E-state index contributed by atoms with van der Waals surface area (Å²) in [5.41, 5.74) is 1.25. The van der Waals surface area contributed by atoms with E-state index in [1.165, 1.54) is 28.4 Å². The molecule has 0 saturated heterocycles. The molecule has 1 unspecified atom stereocenters. The Kier molecular flexibility index (Phi) is 7.57. The number of nitrogens with zero attached hydrogens (tertiary/aromatic N) is 4. The number of aromatic nitrogens is 4. The molecule has 0 spiro atoms. The zero-order chi connectivity index (χ0) is 22.3. The zero-order valence-electron chi connectivity index (χ0n) is 17.4. The summed E-state index contributed by atoms with van der Waals surface area (Å²) in [6, 6.07) is 17.8. The molecule has 0 fully saturated rings. The van der Waals surface area contributed by atoms with E-state index in [1.54, 1.807) is 23.5 Å². The molecule has 4 rings (SSSR count). The fraction of sp³-hybridized carbons (Fsp3) is 0.217. The van der Waals surface area contributed by atoms with Crippen molar-refractivity contribution in [2.45, 2.75) is 36.7 Å². The number of halogens is 1. The number of carbonyl (C=O) groups excluding carboxylic acids is 1. The molecule has 3 heterocycles. The third-order valence-corrected chi connectivity index (χ3v) is 6.98. The van der Waals surface area contributed by atoms with E-state index in [-0.39, 0.29) is 11.2 Å². The molecule has 0 aliphatic heterocycles. The number of benzene rings is 1. The summed E-state index contributed by atoms with van der Waals surface area (Å²) >= 11 is 8.96. The smallest absolute Gasteiger partial charge is 0.238 e. The Morgan fingerprint density at radius 3 is 2.72 bits per heavy atom. The van der Waals surface area contributed by atoms with E-state index in [4.69, 9.17) is 11.6 Å². The highest BCUT2D eigenvalue weighted by atomic mass is 35.5. The van der Waals surface area contributed by atoms with Crippen molar-refractivity contribution in [3.8, 4) is 0 Å². The van der Waals surface area contributed by atoms with Crippen molar-refractivity contribution in [2.75, 3.05) is 5.32 Å². The van der Waals surface area contributed by atoms with Crippen LogP contribution in [0.2, 0.25) is 5.02 Å². The monoisotopic (exact) mass is 483 g/mol. The Morgan fingerprint density at radius 1 is 1.16 bits per heavy atom. The zero-order valence-corrected chi connectivity index (χ0v) is 19.8. The number of hydrogen-bond acceptors (Lipinski definition) is 6. The first-order valence-corrected chi connectivity index (χ1v) is 12.3. The van der Waals surface area contributed by atoms with Crippen LogP contribution in [-0.4, -0.2) is 30.9 Å². The van der Waals surface area contributed by atoms with Crippen LogP contribution in [0.15, 0.2) is 71.3 Å². The van der Waals surface area contributed by atoms with Crippen LogP contribution in [0.3, 0.4) is 0 Å². The van der Waals surface area contributed by atoms with Crippen molar-refractivity contribution < 1.29 is 4.79 Å². The molecule has 4 aromatic rings. The quantitative estimate of drug-likeness (QED) is 0.325. The summed E-state index contributed by atoms with van der Waals surface area (Å²) in [5, 5.41) is 14.6. The molecule has 6 nitrogen and oxygen atoms in total. The Labute approximate surface area is 200 Å². The molecule has 0 aliphatic rings. The Bertz CT molecular complexity index is 1150. The summed E-state index contributed by atoms with van der Waals surface area (Å²) in [5.74, 6) is 1.22. The second-order valence-corrected chi connectivity index (χ2v) is 9.93. The number of rotatable bonds is 9. The SMILES string of the molecule is CC(Sc1nnc(Cc2cccs2)n1CCc1ccccc1)C(=O)Nc1ccc(Cl)cn1. The van der Waals surface area contributed by atoms with Crippen molar-refractivity contribution in [3.63, 3.8) is 0 Å².